The Hall–Kier alpha value is -1.85. The van der Waals surface area contributed by atoms with E-state index in [1.54, 1.807) is 0 Å². The summed E-state index contributed by atoms with van der Waals surface area (Å²) < 4.78 is 5.41. The summed E-state index contributed by atoms with van der Waals surface area (Å²) in [5.41, 5.74) is 2.59. The number of ether oxygens (including phenoxy) is 1. The van der Waals surface area contributed by atoms with Crippen LogP contribution in [0.5, 0.6) is 0 Å². The van der Waals surface area contributed by atoms with Gasteiger partial charge in [-0.1, -0.05) is 12.1 Å². The number of fused-ring (bicyclic) bond motifs is 1. The second-order valence-corrected chi connectivity index (χ2v) is 6.12. The molecule has 1 aliphatic carbocycles. The number of nitrogens with one attached hydrogen (secondary N) is 2. The molecule has 0 bridgehead atoms. The van der Waals surface area contributed by atoms with Gasteiger partial charge in [0.1, 0.15) is 5.69 Å². The van der Waals surface area contributed by atoms with Crippen LogP contribution in [0.3, 0.4) is 0 Å². The van der Waals surface area contributed by atoms with Gasteiger partial charge in [-0.3, -0.25) is 4.79 Å². The molecular formula is C17H22N2O3. The van der Waals surface area contributed by atoms with Gasteiger partial charge in [-0.05, 0) is 43.4 Å². The second kappa shape index (κ2) is 6.50. The molecule has 1 heterocycles. The van der Waals surface area contributed by atoms with Gasteiger partial charge in [0, 0.05) is 24.1 Å². The van der Waals surface area contributed by atoms with Gasteiger partial charge in [-0.2, -0.15) is 0 Å². The maximum absolute atomic E-state index is 12.1. The monoisotopic (exact) mass is 302 g/mol. The molecule has 1 aromatic carbocycles. The predicted molar refractivity (Wildman–Crippen MR) is 84.9 cm³/mol. The molecule has 3 N–H and O–H groups in total. The van der Waals surface area contributed by atoms with E-state index in [-0.39, 0.29) is 19.1 Å². The standard InChI is InChI=1S/C17H22N2O3/c1-11-2-5-13-7-16(19-15(13)6-11)17(21)18-8-14(20)10-22-9-12-3-4-12/h2,5-7,12,14,19-20H,3-4,8-10H2,1H3,(H,18,21). The number of benzene rings is 1. The van der Waals surface area contributed by atoms with Crippen LogP contribution in [0.1, 0.15) is 28.9 Å². The number of hydrogen-bond acceptors (Lipinski definition) is 3. The Labute approximate surface area is 129 Å². The van der Waals surface area contributed by atoms with Crippen molar-refractivity contribution in [1.82, 2.24) is 10.3 Å². The van der Waals surface area contributed by atoms with Crippen molar-refractivity contribution in [2.75, 3.05) is 19.8 Å². The van der Waals surface area contributed by atoms with E-state index in [0.29, 0.717) is 18.2 Å². The van der Waals surface area contributed by atoms with Crippen LogP contribution in [-0.4, -0.2) is 41.9 Å². The number of aromatic nitrogens is 1. The van der Waals surface area contributed by atoms with Crippen molar-refractivity contribution >= 4 is 16.8 Å². The number of aliphatic hydroxyl groups is 1. The van der Waals surface area contributed by atoms with E-state index in [1.165, 1.54) is 12.8 Å². The maximum Gasteiger partial charge on any atom is 0.267 e. The van der Waals surface area contributed by atoms with Gasteiger partial charge in [0.15, 0.2) is 0 Å². The molecule has 5 nitrogen and oxygen atoms in total. The average molecular weight is 302 g/mol. The van der Waals surface area contributed by atoms with Crippen LogP contribution in [0.25, 0.3) is 10.9 Å². The Bertz CT molecular complexity index is 661. The highest BCUT2D eigenvalue weighted by Crippen LogP contribution is 2.28. The lowest BCUT2D eigenvalue weighted by Crippen LogP contribution is -2.34. The first-order chi connectivity index (χ1) is 10.6. The summed E-state index contributed by atoms with van der Waals surface area (Å²) in [5.74, 6) is 0.465. The van der Waals surface area contributed by atoms with E-state index >= 15 is 0 Å². The first-order valence-corrected chi connectivity index (χ1v) is 7.75. The fourth-order valence-electron chi connectivity index (χ4n) is 2.38. The van der Waals surface area contributed by atoms with Gasteiger partial charge in [-0.25, -0.2) is 0 Å². The third-order valence-electron chi connectivity index (χ3n) is 3.88. The highest BCUT2D eigenvalue weighted by molar-refractivity contribution is 5.98. The molecular weight excluding hydrogens is 280 g/mol. The number of aryl methyl sites for hydroxylation is 1. The van der Waals surface area contributed by atoms with Gasteiger partial charge >= 0.3 is 0 Å². The molecule has 3 rings (SSSR count). The maximum atomic E-state index is 12.1. The molecule has 0 saturated heterocycles. The lowest BCUT2D eigenvalue weighted by Gasteiger charge is -2.11. The lowest BCUT2D eigenvalue weighted by molar-refractivity contribution is 0.0320. The van der Waals surface area contributed by atoms with Crippen LogP contribution in [0, 0.1) is 12.8 Å². The minimum absolute atomic E-state index is 0.192. The molecule has 5 heteroatoms. The zero-order valence-electron chi connectivity index (χ0n) is 12.8. The van der Waals surface area contributed by atoms with Crippen molar-refractivity contribution in [2.24, 2.45) is 5.92 Å². The molecule has 0 radical (unpaired) electrons. The molecule has 2 aromatic rings. The van der Waals surface area contributed by atoms with Crippen molar-refractivity contribution in [3.05, 3.63) is 35.5 Å². The molecule has 118 valence electrons. The van der Waals surface area contributed by atoms with Gasteiger partial charge in [0.05, 0.1) is 12.7 Å². The number of amides is 1. The summed E-state index contributed by atoms with van der Waals surface area (Å²) in [7, 11) is 0. The molecule has 1 amide bonds. The van der Waals surface area contributed by atoms with E-state index in [1.807, 2.05) is 31.2 Å². The molecule has 0 spiro atoms. The van der Waals surface area contributed by atoms with Crippen molar-refractivity contribution in [1.29, 1.82) is 0 Å². The third-order valence-corrected chi connectivity index (χ3v) is 3.88. The van der Waals surface area contributed by atoms with Crippen molar-refractivity contribution in [2.45, 2.75) is 25.9 Å². The molecule has 22 heavy (non-hydrogen) atoms. The average Bonchev–Trinajstić information content (AvgIpc) is 3.21. The summed E-state index contributed by atoms with van der Waals surface area (Å²) >= 11 is 0. The SMILES string of the molecule is Cc1ccc2cc(C(=O)NCC(O)COCC3CC3)[nH]c2c1. The summed E-state index contributed by atoms with van der Waals surface area (Å²) in [6.07, 6.45) is 1.79. The fourth-order valence-corrected chi connectivity index (χ4v) is 2.38. The molecule has 1 aliphatic rings. The van der Waals surface area contributed by atoms with Crippen LogP contribution >= 0.6 is 0 Å². The Morgan fingerprint density at radius 1 is 1.45 bits per heavy atom. The Kier molecular flexibility index (Phi) is 4.45. The highest BCUT2D eigenvalue weighted by atomic mass is 16.5. The van der Waals surface area contributed by atoms with Gasteiger partial charge in [0.25, 0.3) is 5.91 Å². The second-order valence-electron chi connectivity index (χ2n) is 6.12. The van der Waals surface area contributed by atoms with Crippen LogP contribution < -0.4 is 5.32 Å². The zero-order valence-corrected chi connectivity index (χ0v) is 12.8. The minimum atomic E-state index is -0.672. The Balaban J connectivity index is 1.49. The number of rotatable bonds is 7. The summed E-state index contributed by atoms with van der Waals surface area (Å²) in [4.78, 5) is 15.2. The molecule has 1 unspecified atom stereocenters. The van der Waals surface area contributed by atoms with Crippen LogP contribution in [0.4, 0.5) is 0 Å². The van der Waals surface area contributed by atoms with E-state index < -0.39 is 6.10 Å². The minimum Gasteiger partial charge on any atom is -0.389 e. The van der Waals surface area contributed by atoms with E-state index in [0.717, 1.165) is 16.5 Å². The molecule has 1 saturated carbocycles. The molecule has 0 aliphatic heterocycles. The third kappa shape index (κ3) is 3.87. The van der Waals surface area contributed by atoms with Crippen LogP contribution in [-0.2, 0) is 4.74 Å². The summed E-state index contributed by atoms with van der Waals surface area (Å²) in [5, 5.41) is 13.5. The first kappa shape index (κ1) is 15.1. The summed E-state index contributed by atoms with van der Waals surface area (Å²) in [6, 6.07) is 7.82. The van der Waals surface area contributed by atoms with E-state index in [4.69, 9.17) is 4.74 Å². The number of aromatic amines is 1. The zero-order chi connectivity index (χ0) is 15.5. The normalized spacial score (nSPS) is 15.9. The molecule has 1 fully saturated rings. The molecule has 1 atom stereocenters. The van der Waals surface area contributed by atoms with E-state index in [2.05, 4.69) is 10.3 Å². The topological polar surface area (TPSA) is 74.3 Å². The van der Waals surface area contributed by atoms with Crippen molar-refractivity contribution in [3.8, 4) is 0 Å². The van der Waals surface area contributed by atoms with Crippen molar-refractivity contribution in [3.63, 3.8) is 0 Å². The largest absolute Gasteiger partial charge is 0.389 e. The van der Waals surface area contributed by atoms with E-state index in [9.17, 15) is 9.90 Å². The number of carbonyl (C=O) groups excluding carboxylic acids is 1. The Morgan fingerprint density at radius 3 is 3.05 bits per heavy atom. The quantitative estimate of drug-likeness (QED) is 0.732. The predicted octanol–water partition coefficient (Wildman–Crippen LogP) is 1.99. The highest BCUT2D eigenvalue weighted by Gasteiger charge is 2.21. The van der Waals surface area contributed by atoms with Crippen LogP contribution in [0.2, 0.25) is 0 Å². The number of hydrogen-bond donors (Lipinski definition) is 3. The van der Waals surface area contributed by atoms with Gasteiger partial charge in [-0.15, -0.1) is 0 Å². The van der Waals surface area contributed by atoms with Crippen LogP contribution in [0.15, 0.2) is 24.3 Å². The number of H-pyrrole nitrogens is 1. The molecule has 1 aromatic heterocycles. The Morgan fingerprint density at radius 2 is 2.27 bits per heavy atom. The fraction of sp³-hybridized carbons (Fsp3) is 0.471. The van der Waals surface area contributed by atoms with Gasteiger partial charge in [0.2, 0.25) is 0 Å². The first-order valence-electron chi connectivity index (χ1n) is 7.75. The number of aliphatic hydroxyl groups excluding tert-OH is 1. The number of carbonyl (C=O) groups is 1. The lowest BCUT2D eigenvalue weighted by atomic mass is 10.2. The summed E-state index contributed by atoms with van der Waals surface area (Å²) in [6.45, 7) is 3.19. The van der Waals surface area contributed by atoms with Crippen molar-refractivity contribution < 1.29 is 14.6 Å². The van der Waals surface area contributed by atoms with Gasteiger partial charge < -0.3 is 20.1 Å². The smallest absolute Gasteiger partial charge is 0.267 e.